The van der Waals surface area contributed by atoms with Gasteiger partial charge in [0, 0.05) is 10.8 Å². The number of hydrogen-bond donors (Lipinski definition) is 3. The molecule has 0 bridgehead atoms. The number of aliphatic carboxylic acids is 1. The SMILES string of the molecule is CSC[C@@H](NC(=O)CNC(=O)c1cc(Cl)ccc1Cl)C(=O)O. The fourth-order valence-electron chi connectivity index (χ4n) is 1.51. The summed E-state index contributed by atoms with van der Waals surface area (Å²) in [6.07, 6.45) is 1.73. The van der Waals surface area contributed by atoms with Crippen molar-refractivity contribution in [3.05, 3.63) is 33.8 Å². The zero-order chi connectivity index (χ0) is 16.7. The molecule has 6 nitrogen and oxygen atoms in total. The lowest BCUT2D eigenvalue weighted by Crippen LogP contribution is -2.46. The van der Waals surface area contributed by atoms with E-state index in [-0.39, 0.29) is 22.9 Å². The molecule has 0 saturated heterocycles. The van der Waals surface area contributed by atoms with Crippen LogP contribution in [0.2, 0.25) is 10.0 Å². The van der Waals surface area contributed by atoms with Gasteiger partial charge in [-0.1, -0.05) is 23.2 Å². The van der Waals surface area contributed by atoms with Crippen molar-refractivity contribution < 1.29 is 19.5 Å². The molecule has 0 aromatic heterocycles. The summed E-state index contributed by atoms with van der Waals surface area (Å²) in [6.45, 7) is -0.361. The Bertz CT molecular complexity index is 583. The van der Waals surface area contributed by atoms with E-state index in [1.165, 1.54) is 30.0 Å². The number of carboxylic acid groups (broad SMARTS) is 1. The molecule has 1 aromatic carbocycles. The Labute approximate surface area is 141 Å². The first kappa shape index (κ1) is 18.6. The average molecular weight is 365 g/mol. The maximum atomic E-state index is 11.9. The summed E-state index contributed by atoms with van der Waals surface area (Å²) in [6, 6.07) is 3.38. The first-order valence-electron chi connectivity index (χ1n) is 6.09. The molecule has 3 N–H and O–H groups in total. The number of benzene rings is 1. The number of amides is 2. The van der Waals surface area contributed by atoms with Crippen molar-refractivity contribution in [1.82, 2.24) is 10.6 Å². The highest BCUT2D eigenvalue weighted by molar-refractivity contribution is 7.98. The quantitative estimate of drug-likeness (QED) is 0.683. The molecule has 0 aliphatic heterocycles. The number of carbonyl (C=O) groups excluding carboxylic acids is 2. The van der Waals surface area contributed by atoms with Gasteiger partial charge in [-0.25, -0.2) is 4.79 Å². The number of hydrogen-bond acceptors (Lipinski definition) is 4. The van der Waals surface area contributed by atoms with Crippen LogP contribution in [0.5, 0.6) is 0 Å². The minimum absolute atomic E-state index is 0.140. The smallest absolute Gasteiger partial charge is 0.327 e. The van der Waals surface area contributed by atoms with Crippen LogP contribution >= 0.6 is 35.0 Å². The zero-order valence-electron chi connectivity index (χ0n) is 11.6. The highest BCUT2D eigenvalue weighted by Gasteiger charge is 2.19. The second-order valence-electron chi connectivity index (χ2n) is 4.22. The van der Waals surface area contributed by atoms with E-state index < -0.39 is 23.8 Å². The summed E-state index contributed by atoms with van der Waals surface area (Å²) >= 11 is 12.9. The van der Waals surface area contributed by atoms with Gasteiger partial charge in [-0.05, 0) is 24.5 Å². The van der Waals surface area contributed by atoms with Crippen molar-refractivity contribution >= 4 is 52.7 Å². The molecule has 0 heterocycles. The van der Waals surface area contributed by atoms with Gasteiger partial charge in [0.2, 0.25) is 5.91 Å². The lowest BCUT2D eigenvalue weighted by molar-refractivity contribution is -0.140. The normalized spacial score (nSPS) is 11.6. The molecule has 0 radical (unpaired) electrons. The Kier molecular flexibility index (Phi) is 7.50. The zero-order valence-corrected chi connectivity index (χ0v) is 13.9. The summed E-state index contributed by atoms with van der Waals surface area (Å²) in [4.78, 5) is 34.5. The van der Waals surface area contributed by atoms with Crippen LogP contribution in [0.3, 0.4) is 0 Å². The van der Waals surface area contributed by atoms with Crippen LogP contribution in [0, 0.1) is 0 Å². The van der Waals surface area contributed by atoms with Gasteiger partial charge in [-0.2, -0.15) is 11.8 Å². The molecule has 22 heavy (non-hydrogen) atoms. The van der Waals surface area contributed by atoms with Gasteiger partial charge in [-0.3, -0.25) is 9.59 Å². The molecule has 1 atom stereocenters. The topological polar surface area (TPSA) is 95.5 Å². The monoisotopic (exact) mass is 364 g/mol. The Morgan fingerprint density at radius 3 is 2.59 bits per heavy atom. The lowest BCUT2D eigenvalue weighted by Gasteiger charge is -2.13. The first-order chi connectivity index (χ1) is 10.3. The number of carbonyl (C=O) groups is 3. The molecular weight excluding hydrogens is 351 g/mol. The maximum absolute atomic E-state index is 11.9. The van der Waals surface area contributed by atoms with Gasteiger partial charge in [0.05, 0.1) is 17.1 Å². The highest BCUT2D eigenvalue weighted by atomic mass is 35.5. The molecule has 0 saturated carbocycles. The number of thioether (sulfide) groups is 1. The minimum atomic E-state index is -1.13. The van der Waals surface area contributed by atoms with Crippen LogP contribution in [0.25, 0.3) is 0 Å². The molecule has 1 aromatic rings. The van der Waals surface area contributed by atoms with Crippen LogP contribution < -0.4 is 10.6 Å². The van der Waals surface area contributed by atoms with Crippen LogP contribution in [0.15, 0.2) is 18.2 Å². The van der Waals surface area contributed by atoms with E-state index in [1.54, 1.807) is 6.26 Å². The Hall–Kier alpha value is -1.44. The standard InChI is InChI=1S/C13H14Cl2N2O4S/c1-22-6-10(13(20)21)17-11(18)5-16-12(19)8-4-7(14)2-3-9(8)15/h2-4,10H,5-6H2,1H3,(H,16,19)(H,17,18)(H,20,21)/t10-/m1/s1. The molecule has 0 aliphatic carbocycles. The predicted octanol–water partition coefficient (Wildman–Crippen LogP) is 1.66. The fourth-order valence-corrected chi connectivity index (χ4v) is 2.45. The van der Waals surface area contributed by atoms with Crippen LogP contribution in [0.1, 0.15) is 10.4 Å². The van der Waals surface area contributed by atoms with Crippen LogP contribution in [0.4, 0.5) is 0 Å². The van der Waals surface area contributed by atoms with Gasteiger partial charge in [-0.15, -0.1) is 0 Å². The fraction of sp³-hybridized carbons (Fsp3) is 0.308. The summed E-state index contributed by atoms with van der Waals surface area (Å²) in [7, 11) is 0. The van der Waals surface area contributed by atoms with Crippen LogP contribution in [-0.2, 0) is 9.59 Å². The van der Waals surface area contributed by atoms with Gasteiger partial charge in [0.25, 0.3) is 5.91 Å². The number of carboxylic acids is 1. The molecule has 0 unspecified atom stereocenters. The second-order valence-corrected chi connectivity index (χ2v) is 5.97. The summed E-state index contributed by atoms with van der Waals surface area (Å²) in [5.41, 5.74) is 0.140. The Morgan fingerprint density at radius 1 is 1.32 bits per heavy atom. The van der Waals surface area contributed by atoms with Gasteiger partial charge in [0.1, 0.15) is 6.04 Å². The third-order valence-corrected chi connectivity index (χ3v) is 3.78. The number of halogens is 2. The van der Waals surface area contributed by atoms with Crippen molar-refractivity contribution in [2.24, 2.45) is 0 Å². The molecule has 120 valence electrons. The maximum Gasteiger partial charge on any atom is 0.327 e. The molecule has 2 amide bonds. The Balaban J connectivity index is 2.58. The minimum Gasteiger partial charge on any atom is -0.480 e. The molecule has 9 heteroatoms. The average Bonchev–Trinajstić information content (AvgIpc) is 2.46. The molecule has 1 rings (SSSR count). The first-order valence-corrected chi connectivity index (χ1v) is 8.24. The van der Waals surface area contributed by atoms with Crippen molar-refractivity contribution in [2.75, 3.05) is 18.6 Å². The van der Waals surface area contributed by atoms with Crippen molar-refractivity contribution in [3.8, 4) is 0 Å². The van der Waals surface area contributed by atoms with Crippen LogP contribution in [-0.4, -0.2) is 47.5 Å². The molecule has 0 fully saturated rings. The van der Waals surface area contributed by atoms with Crippen molar-refractivity contribution in [2.45, 2.75) is 6.04 Å². The van der Waals surface area contributed by atoms with E-state index >= 15 is 0 Å². The van der Waals surface area contributed by atoms with Gasteiger partial charge < -0.3 is 15.7 Å². The second kappa shape index (κ2) is 8.87. The number of rotatable bonds is 7. The van der Waals surface area contributed by atoms with E-state index in [2.05, 4.69) is 10.6 Å². The largest absolute Gasteiger partial charge is 0.480 e. The van der Waals surface area contributed by atoms with E-state index in [9.17, 15) is 14.4 Å². The van der Waals surface area contributed by atoms with E-state index in [1.807, 2.05) is 0 Å². The number of nitrogens with one attached hydrogen (secondary N) is 2. The third-order valence-electron chi connectivity index (χ3n) is 2.55. The van der Waals surface area contributed by atoms with Gasteiger partial charge in [0.15, 0.2) is 0 Å². The lowest BCUT2D eigenvalue weighted by atomic mass is 10.2. The summed E-state index contributed by atoms with van der Waals surface area (Å²) in [5, 5.41) is 14.1. The molecule has 0 spiro atoms. The van der Waals surface area contributed by atoms with E-state index in [0.717, 1.165) is 0 Å². The molecular formula is C13H14Cl2N2O4S. The predicted molar refractivity (Wildman–Crippen MR) is 86.7 cm³/mol. The van der Waals surface area contributed by atoms with E-state index in [4.69, 9.17) is 28.3 Å². The Morgan fingerprint density at radius 2 is 2.00 bits per heavy atom. The summed E-state index contributed by atoms with van der Waals surface area (Å²) in [5.74, 6) is -2.07. The highest BCUT2D eigenvalue weighted by Crippen LogP contribution is 2.20. The van der Waals surface area contributed by atoms with E-state index in [0.29, 0.717) is 5.02 Å². The van der Waals surface area contributed by atoms with Crippen molar-refractivity contribution in [3.63, 3.8) is 0 Å². The van der Waals surface area contributed by atoms with Gasteiger partial charge >= 0.3 is 5.97 Å². The third kappa shape index (κ3) is 5.75. The summed E-state index contributed by atoms with van der Waals surface area (Å²) < 4.78 is 0. The van der Waals surface area contributed by atoms with Crippen molar-refractivity contribution in [1.29, 1.82) is 0 Å². The molecule has 0 aliphatic rings.